The minimum atomic E-state index is 1.05. The lowest BCUT2D eigenvalue weighted by Crippen LogP contribution is -1.91. The molecule has 0 aromatic heterocycles. The van der Waals surface area contributed by atoms with Crippen LogP contribution in [-0.4, -0.2) is 7.05 Å². The van der Waals surface area contributed by atoms with Crippen LogP contribution >= 0.6 is 0 Å². The molecule has 1 N–H and O–H groups in total. The molecule has 0 amide bonds. The van der Waals surface area contributed by atoms with E-state index in [0.717, 1.165) is 5.57 Å². The smallest absolute Gasteiger partial charge is 0.00277 e. The number of aryl methyl sites for hydroxylation is 1. The van der Waals surface area contributed by atoms with Crippen molar-refractivity contribution in [2.24, 2.45) is 0 Å². The lowest BCUT2D eigenvalue weighted by Gasteiger charge is -2.05. The normalized spacial score (nSPS) is 11.8. The maximum atomic E-state index is 4.10. The fourth-order valence-corrected chi connectivity index (χ4v) is 1.55. The average Bonchev–Trinajstić information content (AvgIpc) is 2.26. The minimum Gasteiger partial charge on any atom is -0.394 e. The highest BCUT2D eigenvalue weighted by atomic mass is 14.8. The van der Waals surface area contributed by atoms with Crippen molar-refractivity contribution < 1.29 is 0 Å². The van der Waals surface area contributed by atoms with E-state index in [1.807, 2.05) is 31.5 Å². The van der Waals surface area contributed by atoms with Gasteiger partial charge in [0.1, 0.15) is 0 Å². The third-order valence-corrected chi connectivity index (χ3v) is 2.41. The predicted molar refractivity (Wildman–Crippen MR) is 72.2 cm³/mol. The van der Waals surface area contributed by atoms with Crippen LogP contribution < -0.4 is 5.32 Å². The van der Waals surface area contributed by atoms with Gasteiger partial charge in [0.15, 0.2) is 0 Å². The molecule has 0 radical (unpaired) electrons. The van der Waals surface area contributed by atoms with Crippen LogP contribution in [0.25, 0.3) is 5.57 Å². The van der Waals surface area contributed by atoms with Crippen LogP contribution in [0, 0.1) is 6.92 Å². The third kappa shape index (κ3) is 3.43. The van der Waals surface area contributed by atoms with Crippen molar-refractivity contribution in [3.63, 3.8) is 0 Å². The van der Waals surface area contributed by atoms with Gasteiger partial charge in [0.05, 0.1) is 0 Å². The van der Waals surface area contributed by atoms with Gasteiger partial charge < -0.3 is 5.32 Å². The Bertz CT molecular complexity index is 425. The van der Waals surface area contributed by atoms with Crippen LogP contribution in [0.15, 0.2) is 54.8 Å². The zero-order valence-electron chi connectivity index (χ0n) is 10.2. The Balaban J connectivity index is 2.88. The molecule has 0 saturated heterocycles. The van der Waals surface area contributed by atoms with E-state index in [1.54, 1.807) is 0 Å². The zero-order valence-corrected chi connectivity index (χ0v) is 10.2. The van der Waals surface area contributed by atoms with Gasteiger partial charge in [0, 0.05) is 7.05 Å². The molecular weight excluding hydrogens is 194 g/mol. The number of hydrogen-bond donors (Lipinski definition) is 1. The van der Waals surface area contributed by atoms with E-state index < -0.39 is 0 Å². The SMILES string of the molecule is C=C(/C=C(C)\C=C/NC)c1ccccc1C. The Hall–Kier alpha value is -1.76. The lowest BCUT2D eigenvalue weighted by atomic mass is 10.0. The predicted octanol–water partition coefficient (Wildman–Crippen LogP) is 3.69. The molecule has 0 bridgehead atoms. The van der Waals surface area contributed by atoms with E-state index in [0.29, 0.717) is 0 Å². The molecule has 0 aliphatic carbocycles. The highest BCUT2D eigenvalue weighted by Gasteiger charge is 1.98. The number of hydrogen-bond acceptors (Lipinski definition) is 1. The molecule has 1 aromatic rings. The van der Waals surface area contributed by atoms with Gasteiger partial charge in [0.2, 0.25) is 0 Å². The number of allylic oxidation sites excluding steroid dienone is 4. The van der Waals surface area contributed by atoms with Crippen LogP contribution in [0.1, 0.15) is 18.1 Å². The zero-order chi connectivity index (χ0) is 12.0. The van der Waals surface area contributed by atoms with E-state index in [9.17, 15) is 0 Å². The first-order valence-corrected chi connectivity index (χ1v) is 5.42. The van der Waals surface area contributed by atoms with E-state index in [4.69, 9.17) is 0 Å². The van der Waals surface area contributed by atoms with Crippen molar-refractivity contribution in [2.45, 2.75) is 13.8 Å². The van der Waals surface area contributed by atoms with Crippen molar-refractivity contribution in [2.75, 3.05) is 7.05 Å². The van der Waals surface area contributed by atoms with Gasteiger partial charge in [-0.2, -0.15) is 0 Å². The van der Waals surface area contributed by atoms with Crippen molar-refractivity contribution in [3.8, 4) is 0 Å². The lowest BCUT2D eigenvalue weighted by molar-refractivity contribution is 1.10. The van der Waals surface area contributed by atoms with Crippen molar-refractivity contribution in [3.05, 3.63) is 65.9 Å². The second-order valence-corrected chi connectivity index (χ2v) is 3.85. The van der Waals surface area contributed by atoms with E-state index in [1.165, 1.54) is 16.7 Å². The van der Waals surface area contributed by atoms with Gasteiger partial charge in [-0.1, -0.05) is 36.9 Å². The summed E-state index contributed by atoms with van der Waals surface area (Å²) in [5.74, 6) is 0. The van der Waals surface area contributed by atoms with Gasteiger partial charge >= 0.3 is 0 Å². The van der Waals surface area contributed by atoms with Gasteiger partial charge in [0.25, 0.3) is 0 Å². The monoisotopic (exact) mass is 213 g/mol. The summed E-state index contributed by atoms with van der Waals surface area (Å²) < 4.78 is 0. The fourth-order valence-electron chi connectivity index (χ4n) is 1.55. The molecule has 0 fully saturated rings. The van der Waals surface area contributed by atoms with E-state index in [-0.39, 0.29) is 0 Å². The molecule has 1 nitrogen and oxygen atoms in total. The first kappa shape index (κ1) is 12.3. The molecule has 0 spiro atoms. The highest BCUT2D eigenvalue weighted by Crippen LogP contribution is 2.19. The summed E-state index contributed by atoms with van der Waals surface area (Å²) in [5, 5.41) is 2.97. The van der Waals surface area contributed by atoms with Crippen LogP contribution in [0.4, 0.5) is 0 Å². The summed E-state index contributed by atoms with van der Waals surface area (Å²) in [6.45, 7) is 8.27. The topological polar surface area (TPSA) is 12.0 Å². The molecule has 16 heavy (non-hydrogen) atoms. The van der Waals surface area contributed by atoms with Crippen LogP contribution in [0.5, 0.6) is 0 Å². The molecule has 0 aliphatic heterocycles. The number of nitrogens with one attached hydrogen (secondary N) is 1. The molecule has 0 heterocycles. The standard InChI is InChI=1S/C15H19N/c1-12(9-10-16-4)11-14(3)15-8-6-5-7-13(15)2/h5-11,16H,3H2,1-2,4H3/b10-9-,12-11-. The van der Waals surface area contributed by atoms with Crippen LogP contribution in [0.3, 0.4) is 0 Å². The summed E-state index contributed by atoms with van der Waals surface area (Å²) in [5.41, 5.74) is 4.70. The summed E-state index contributed by atoms with van der Waals surface area (Å²) >= 11 is 0. The summed E-state index contributed by atoms with van der Waals surface area (Å²) in [6.07, 6.45) is 6.04. The molecule has 1 heteroatoms. The second kappa shape index (κ2) is 5.96. The highest BCUT2D eigenvalue weighted by molar-refractivity contribution is 5.75. The molecule has 0 unspecified atom stereocenters. The first-order valence-electron chi connectivity index (χ1n) is 5.42. The Kier molecular flexibility index (Phi) is 4.59. The minimum absolute atomic E-state index is 1.05. The average molecular weight is 213 g/mol. The van der Waals surface area contributed by atoms with Gasteiger partial charge in [-0.05, 0) is 48.4 Å². The van der Waals surface area contributed by atoms with Crippen LogP contribution in [-0.2, 0) is 0 Å². The molecule has 1 aromatic carbocycles. The van der Waals surface area contributed by atoms with Crippen LogP contribution in [0.2, 0.25) is 0 Å². The molecule has 0 aliphatic rings. The van der Waals surface area contributed by atoms with E-state index in [2.05, 4.69) is 44.0 Å². The Morgan fingerprint density at radius 2 is 2.00 bits per heavy atom. The summed E-state index contributed by atoms with van der Waals surface area (Å²) in [7, 11) is 1.89. The van der Waals surface area contributed by atoms with Crippen molar-refractivity contribution in [1.82, 2.24) is 5.32 Å². The number of rotatable bonds is 4. The number of benzene rings is 1. The quantitative estimate of drug-likeness (QED) is 0.752. The maximum Gasteiger partial charge on any atom is 0.00277 e. The Morgan fingerprint density at radius 1 is 1.31 bits per heavy atom. The Morgan fingerprint density at radius 3 is 2.62 bits per heavy atom. The molecular formula is C15H19N. The van der Waals surface area contributed by atoms with Gasteiger partial charge in [-0.3, -0.25) is 0 Å². The largest absolute Gasteiger partial charge is 0.394 e. The Labute approximate surface area is 98.2 Å². The molecule has 0 saturated carbocycles. The van der Waals surface area contributed by atoms with Crippen molar-refractivity contribution in [1.29, 1.82) is 0 Å². The summed E-state index contributed by atoms with van der Waals surface area (Å²) in [4.78, 5) is 0. The first-order chi connectivity index (χ1) is 7.65. The summed E-state index contributed by atoms with van der Waals surface area (Å²) in [6, 6.07) is 8.29. The molecule has 0 atom stereocenters. The third-order valence-electron chi connectivity index (χ3n) is 2.41. The molecule has 84 valence electrons. The fraction of sp³-hybridized carbons (Fsp3) is 0.200. The van der Waals surface area contributed by atoms with Crippen molar-refractivity contribution >= 4 is 5.57 Å². The van der Waals surface area contributed by atoms with Gasteiger partial charge in [-0.15, -0.1) is 0 Å². The molecule has 1 rings (SSSR count). The second-order valence-electron chi connectivity index (χ2n) is 3.85. The van der Waals surface area contributed by atoms with E-state index >= 15 is 0 Å². The maximum absolute atomic E-state index is 4.10. The van der Waals surface area contributed by atoms with Gasteiger partial charge in [-0.25, -0.2) is 0 Å².